The molecular formula is C22H36N4O11S3. The second-order valence-electron chi connectivity index (χ2n) is 9.69. The highest BCUT2D eigenvalue weighted by Crippen LogP contribution is 2.35. The number of amides is 1. The number of rotatable bonds is 14. The fourth-order valence-corrected chi connectivity index (χ4v) is 6.47. The van der Waals surface area contributed by atoms with Crippen LogP contribution < -0.4 is 4.90 Å². The molecule has 15 nitrogen and oxygen atoms in total. The van der Waals surface area contributed by atoms with Gasteiger partial charge in [-0.25, -0.2) is 8.42 Å². The molecule has 1 aromatic rings. The van der Waals surface area contributed by atoms with Gasteiger partial charge in [0.15, 0.2) is 9.84 Å². The Morgan fingerprint density at radius 2 is 1.48 bits per heavy atom. The van der Waals surface area contributed by atoms with Crippen molar-refractivity contribution in [3.05, 3.63) is 27.8 Å². The summed E-state index contributed by atoms with van der Waals surface area (Å²) < 4.78 is 89.4. The van der Waals surface area contributed by atoms with Crippen molar-refractivity contribution in [1.82, 2.24) is 9.80 Å². The van der Waals surface area contributed by atoms with Gasteiger partial charge in [0.1, 0.15) is 5.56 Å². The molecule has 1 aliphatic rings. The van der Waals surface area contributed by atoms with Crippen LogP contribution in [0.3, 0.4) is 0 Å². The number of carbonyl (C=O) groups is 1. The summed E-state index contributed by atoms with van der Waals surface area (Å²) in [6.45, 7) is 6.52. The van der Waals surface area contributed by atoms with Crippen molar-refractivity contribution in [2.75, 3.05) is 61.4 Å². The van der Waals surface area contributed by atoms with E-state index in [0.717, 1.165) is 12.1 Å². The van der Waals surface area contributed by atoms with E-state index >= 15 is 0 Å². The highest BCUT2D eigenvalue weighted by Gasteiger charge is 2.33. The molecular weight excluding hydrogens is 592 g/mol. The van der Waals surface area contributed by atoms with Crippen LogP contribution in [0, 0.1) is 10.1 Å². The van der Waals surface area contributed by atoms with Gasteiger partial charge in [-0.15, -0.1) is 0 Å². The van der Waals surface area contributed by atoms with E-state index in [2.05, 4.69) is 4.90 Å². The number of sulfone groups is 1. The van der Waals surface area contributed by atoms with Gasteiger partial charge in [0.25, 0.3) is 31.8 Å². The van der Waals surface area contributed by atoms with Crippen molar-refractivity contribution in [3.63, 3.8) is 0 Å². The monoisotopic (exact) mass is 628 g/mol. The molecule has 0 bridgehead atoms. The van der Waals surface area contributed by atoms with Gasteiger partial charge >= 0.3 is 0 Å². The molecule has 40 heavy (non-hydrogen) atoms. The quantitative estimate of drug-likeness (QED) is 0.167. The summed E-state index contributed by atoms with van der Waals surface area (Å²) in [6.07, 6.45) is -0.429. The van der Waals surface area contributed by atoms with Crippen molar-refractivity contribution in [1.29, 1.82) is 0 Å². The highest BCUT2D eigenvalue weighted by atomic mass is 32.2. The Hall–Kier alpha value is -2.38. The number of anilines is 1. The van der Waals surface area contributed by atoms with Gasteiger partial charge in [-0.3, -0.25) is 28.9 Å². The predicted octanol–water partition coefficient (Wildman–Crippen LogP) is 0.917. The van der Waals surface area contributed by atoms with Gasteiger partial charge in [0.2, 0.25) is 0 Å². The molecule has 0 atom stereocenters. The SMILES string of the molecule is CCS(=O)(=O)c1cc([N+](=O)[O-])c(C(=O)N2CCN(C(C)C)CC2)cc1N(CCCS(=O)(=O)O)CCCS(=O)(=O)O. The molecule has 1 aromatic carbocycles. The standard InChI is InChI=1S/C22H36N4O11S3/c1-4-38(30,31)21-16-19(26(28)29)18(22(27)25-11-9-23(10-12-25)17(2)3)15-20(21)24(7-5-13-39(32,33)34)8-6-14-40(35,36)37/h15-17H,4-14H2,1-3H3,(H,32,33,34)(H,35,36,37). The van der Waals surface area contributed by atoms with Crippen molar-refractivity contribution in [2.24, 2.45) is 0 Å². The van der Waals surface area contributed by atoms with Gasteiger partial charge in [0, 0.05) is 51.4 Å². The molecule has 2 N–H and O–H groups in total. The van der Waals surface area contributed by atoms with Gasteiger partial charge in [-0.05, 0) is 32.8 Å². The summed E-state index contributed by atoms with van der Waals surface area (Å²) >= 11 is 0. The number of nitro groups is 1. The summed E-state index contributed by atoms with van der Waals surface area (Å²) in [6, 6.07) is 2.10. The van der Waals surface area contributed by atoms with Gasteiger partial charge < -0.3 is 9.80 Å². The second kappa shape index (κ2) is 13.5. The van der Waals surface area contributed by atoms with Crippen LogP contribution in [-0.4, -0.2) is 118 Å². The van der Waals surface area contributed by atoms with Gasteiger partial charge in [-0.1, -0.05) is 6.92 Å². The molecule has 0 unspecified atom stereocenters. The number of carbonyl (C=O) groups excluding carboxylic acids is 1. The third-order valence-corrected chi connectivity index (χ3v) is 9.92. The minimum atomic E-state index is -4.39. The lowest BCUT2D eigenvalue weighted by atomic mass is 10.1. The predicted molar refractivity (Wildman–Crippen MR) is 148 cm³/mol. The molecule has 1 amide bonds. The molecule has 0 aliphatic carbocycles. The van der Waals surface area contributed by atoms with Crippen LogP contribution >= 0.6 is 0 Å². The lowest BCUT2D eigenvalue weighted by Crippen LogP contribution is -2.50. The second-order valence-corrected chi connectivity index (χ2v) is 15.1. The molecule has 1 saturated heterocycles. The van der Waals surface area contributed by atoms with Crippen molar-refractivity contribution in [3.8, 4) is 0 Å². The van der Waals surface area contributed by atoms with E-state index in [1.165, 1.54) is 16.7 Å². The first-order chi connectivity index (χ1) is 18.4. The zero-order valence-corrected chi connectivity index (χ0v) is 25.0. The van der Waals surface area contributed by atoms with E-state index in [-0.39, 0.29) is 56.3 Å². The maximum Gasteiger partial charge on any atom is 0.283 e. The van der Waals surface area contributed by atoms with Crippen LogP contribution in [0.25, 0.3) is 0 Å². The van der Waals surface area contributed by atoms with E-state index in [1.807, 2.05) is 13.8 Å². The average Bonchev–Trinajstić information content (AvgIpc) is 2.85. The van der Waals surface area contributed by atoms with Crippen LogP contribution in [0.2, 0.25) is 0 Å². The smallest absolute Gasteiger partial charge is 0.283 e. The van der Waals surface area contributed by atoms with Crippen molar-refractivity contribution >= 4 is 47.4 Å². The van der Waals surface area contributed by atoms with Crippen LogP contribution in [0.1, 0.15) is 44.0 Å². The van der Waals surface area contributed by atoms with E-state index in [0.29, 0.717) is 13.1 Å². The largest absolute Gasteiger partial charge is 0.370 e. The number of hydrogen-bond acceptors (Lipinski definition) is 11. The van der Waals surface area contributed by atoms with E-state index in [4.69, 9.17) is 9.11 Å². The van der Waals surface area contributed by atoms with Crippen molar-refractivity contribution in [2.45, 2.75) is 44.6 Å². The Labute approximate surface area is 234 Å². The molecule has 0 saturated carbocycles. The normalized spacial score (nSPS) is 15.4. The maximum atomic E-state index is 13.5. The molecule has 2 rings (SSSR count). The van der Waals surface area contributed by atoms with Crippen LogP contribution in [0.5, 0.6) is 0 Å². The molecule has 228 valence electrons. The first-order valence-electron chi connectivity index (χ1n) is 12.6. The number of nitro benzene ring substituents is 1. The number of piperazine rings is 1. The summed E-state index contributed by atoms with van der Waals surface area (Å²) in [5.41, 5.74) is -1.24. The molecule has 1 heterocycles. The first kappa shape index (κ1) is 33.8. The summed E-state index contributed by atoms with van der Waals surface area (Å²) in [5.74, 6) is -2.54. The zero-order valence-electron chi connectivity index (χ0n) is 22.6. The zero-order chi connectivity index (χ0) is 30.5. The minimum absolute atomic E-state index is 0.151. The minimum Gasteiger partial charge on any atom is -0.370 e. The third kappa shape index (κ3) is 9.62. The lowest BCUT2D eigenvalue weighted by Gasteiger charge is -2.37. The summed E-state index contributed by atoms with van der Waals surface area (Å²) in [4.78, 5) is 29.0. The van der Waals surface area contributed by atoms with Crippen LogP contribution in [0.4, 0.5) is 11.4 Å². The summed E-state index contributed by atoms with van der Waals surface area (Å²) in [5, 5.41) is 12.0. The Bertz CT molecular complexity index is 1370. The molecule has 0 spiro atoms. The first-order valence-corrected chi connectivity index (χ1v) is 17.5. The number of hydrogen-bond donors (Lipinski definition) is 2. The Balaban J connectivity index is 2.64. The Morgan fingerprint density at radius 1 is 0.975 bits per heavy atom. The van der Waals surface area contributed by atoms with Crippen LogP contribution in [-0.2, 0) is 30.1 Å². The van der Waals surface area contributed by atoms with Gasteiger partial charge in [-0.2, -0.15) is 16.8 Å². The van der Waals surface area contributed by atoms with E-state index in [9.17, 15) is 40.2 Å². The topological polar surface area (TPSA) is 213 Å². The van der Waals surface area contributed by atoms with Gasteiger partial charge in [0.05, 0.1) is 32.8 Å². The molecule has 1 fully saturated rings. The molecule has 0 radical (unpaired) electrons. The van der Waals surface area contributed by atoms with Crippen LogP contribution in [0.15, 0.2) is 17.0 Å². The molecule has 0 aromatic heterocycles. The molecule has 18 heteroatoms. The fourth-order valence-electron chi connectivity index (χ4n) is 4.37. The summed E-state index contributed by atoms with van der Waals surface area (Å²) in [7, 11) is -12.9. The fraction of sp³-hybridized carbons (Fsp3) is 0.682. The Morgan fingerprint density at radius 3 is 1.88 bits per heavy atom. The Kier molecular flexibility index (Phi) is 11.4. The van der Waals surface area contributed by atoms with E-state index in [1.54, 1.807) is 0 Å². The van der Waals surface area contributed by atoms with E-state index < -0.39 is 68.7 Å². The number of nitrogens with zero attached hydrogens (tertiary/aromatic N) is 4. The third-order valence-electron chi connectivity index (χ3n) is 6.55. The van der Waals surface area contributed by atoms with Crippen molar-refractivity contribution < 1.29 is 44.1 Å². The highest BCUT2D eigenvalue weighted by molar-refractivity contribution is 7.91. The molecule has 1 aliphatic heterocycles. The lowest BCUT2D eigenvalue weighted by molar-refractivity contribution is -0.385. The average molecular weight is 629 g/mol. The number of benzene rings is 1. The maximum absolute atomic E-state index is 13.5.